The number of nitrogens with one attached hydrogen (secondary N) is 2. The first kappa shape index (κ1) is 17.0. The molecule has 3 N–H and O–H groups in total. The summed E-state index contributed by atoms with van der Waals surface area (Å²) in [5, 5.41) is 12.8. The number of rotatable bonds is 6. The van der Waals surface area contributed by atoms with Gasteiger partial charge in [0.05, 0.1) is 10.6 Å². The normalized spacial score (nSPS) is 11.0. The third-order valence-corrected chi connectivity index (χ3v) is 2.54. The first-order chi connectivity index (χ1) is 9.70. The van der Waals surface area contributed by atoms with Gasteiger partial charge in [-0.1, -0.05) is 11.6 Å². The number of carbonyl (C=O) groups is 2. The molecular weight excluding hydrogens is 315 g/mol. The van der Waals surface area contributed by atoms with Crippen molar-refractivity contribution in [3.63, 3.8) is 0 Å². The Balaban J connectivity index is 2.49. The molecule has 1 amide bonds. The summed E-state index contributed by atoms with van der Waals surface area (Å²) in [5.41, 5.74) is -0.975. The minimum Gasteiger partial charge on any atom is -0.480 e. The van der Waals surface area contributed by atoms with Crippen LogP contribution in [0.2, 0.25) is 5.02 Å². The minimum absolute atomic E-state index is 0.00991. The van der Waals surface area contributed by atoms with E-state index < -0.39 is 30.2 Å². The largest absolute Gasteiger partial charge is 0.480 e. The number of hydrogen-bond acceptors (Lipinski definition) is 4. The Morgan fingerprint density at radius 2 is 2.05 bits per heavy atom. The van der Waals surface area contributed by atoms with Gasteiger partial charge >= 0.3 is 12.1 Å². The standard InChI is InChI=1S/C11H11ClF3N3O3/c12-7-3-6(11(13,14)15)4-18-10(7)16-2-1-8(19)17-5-9(20)21/h3-4H,1-2,5H2,(H,16,18)(H,17,19)(H,20,21). The summed E-state index contributed by atoms with van der Waals surface area (Å²) in [5.74, 6) is -1.69. The number of anilines is 1. The second kappa shape index (κ2) is 7.11. The Labute approximate surface area is 122 Å². The molecule has 0 bridgehead atoms. The molecule has 21 heavy (non-hydrogen) atoms. The van der Waals surface area contributed by atoms with Crippen LogP contribution in [-0.4, -0.2) is 35.1 Å². The Kier molecular flexibility index (Phi) is 5.77. The molecule has 1 rings (SSSR count). The van der Waals surface area contributed by atoms with E-state index in [1.807, 2.05) is 0 Å². The number of carboxylic acid groups (broad SMARTS) is 1. The van der Waals surface area contributed by atoms with Gasteiger partial charge in [0.1, 0.15) is 12.4 Å². The molecule has 10 heteroatoms. The highest BCUT2D eigenvalue weighted by atomic mass is 35.5. The Morgan fingerprint density at radius 3 is 2.57 bits per heavy atom. The predicted octanol–water partition coefficient (Wildman–Crippen LogP) is 1.76. The fourth-order valence-corrected chi connectivity index (χ4v) is 1.51. The number of aromatic nitrogens is 1. The number of halogens is 4. The van der Waals surface area contributed by atoms with Crippen molar-refractivity contribution in [2.75, 3.05) is 18.4 Å². The fraction of sp³-hybridized carbons (Fsp3) is 0.364. The summed E-state index contributed by atoms with van der Waals surface area (Å²) in [6.45, 7) is -0.457. The van der Waals surface area contributed by atoms with Crippen LogP contribution >= 0.6 is 11.6 Å². The Hall–Kier alpha value is -2.03. The molecule has 1 aromatic rings. The molecule has 0 fully saturated rings. The van der Waals surface area contributed by atoms with Gasteiger partial charge in [-0.3, -0.25) is 9.59 Å². The van der Waals surface area contributed by atoms with Crippen LogP contribution in [0.15, 0.2) is 12.3 Å². The summed E-state index contributed by atoms with van der Waals surface area (Å²) in [4.78, 5) is 24.9. The van der Waals surface area contributed by atoms with Gasteiger partial charge in [-0.2, -0.15) is 13.2 Å². The van der Waals surface area contributed by atoms with Crippen molar-refractivity contribution in [3.05, 3.63) is 22.8 Å². The summed E-state index contributed by atoms with van der Waals surface area (Å²) in [6, 6.07) is 0.724. The Morgan fingerprint density at radius 1 is 1.38 bits per heavy atom. The van der Waals surface area contributed by atoms with Gasteiger partial charge in [0, 0.05) is 19.2 Å². The maximum Gasteiger partial charge on any atom is 0.417 e. The third-order valence-electron chi connectivity index (χ3n) is 2.25. The average Bonchev–Trinajstić information content (AvgIpc) is 2.37. The highest BCUT2D eigenvalue weighted by molar-refractivity contribution is 6.32. The number of alkyl halides is 3. The zero-order valence-corrected chi connectivity index (χ0v) is 11.3. The van der Waals surface area contributed by atoms with E-state index in [0.717, 1.165) is 6.07 Å². The van der Waals surface area contributed by atoms with Gasteiger partial charge in [-0.25, -0.2) is 4.98 Å². The third kappa shape index (κ3) is 5.86. The molecule has 0 unspecified atom stereocenters. The highest BCUT2D eigenvalue weighted by Gasteiger charge is 2.31. The quantitative estimate of drug-likeness (QED) is 0.741. The smallest absolute Gasteiger partial charge is 0.417 e. The number of pyridine rings is 1. The molecule has 0 spiro atoms. The second-order valence-corrected chi connectivity index (χ2v) is 4.31. The zero-order valence-electron chi connectivity index (χ0n) is 10.5. The maximum absolute atomic E-state index is 12.4. The fourth-order valence-electron chi connectivity index (χ4n) is 1.28. The minimum atomic E-state index is -4.54. The number of amides is 1. The van der Waals surface area contributed by atoms with Crippen LogP contribution in [0.1, 0.15) is 12.0 Å². The lowest BCUT2D eigenvalue weighted by Gasteiger charge is -2.10. The van der Waals surface area contributed by atoms with Crippen LogP contribution in [0.25, 0.3) is 0 Å². The topological polar surface area (TPSA) is 91.3 Å². The molecule has 1 aromatic heterocycles. The molecule has 0 saturated heterocycles. The lowest BCUT2D eigenvalue weighted by atomic mass is 10.2. The molecular formula is C11H11ClF3N3O3. The summed E-state index contributed by atoms with van der Waals surface area (Å²) in [6.07, 6.45) is -3.99. The lowest BCUT2D eigenvalue weighted by molar-refractivity contribution is -0.138. The van der Waals surface area contributed by atoms with E-state index in [9.17, 15) is 22.8 Å². The SMILES string of the molecule is O=C(O)CNC(=O)CCNc1ncc(C(F)(F)F)cc1Cl. The number of carboxylic acids is 1. The second-order valence-electron chi connectivity index (χ2n) is 3.90. The monoisotopic (exact) mass is 325 g/mol. The molecule has 116 valence electrons. The highest BCUT2D eigenvalue weighted by Crippen LogP contribution is 2.32. The lowest BCUT2D eigenvalue weighted by Crippen LogP contribution is -2.30. The van der Waals surface area contributed by atoms with Crippen molar-refractivity contribution in [1.82, 2.24) is 10.3 Å². The predicted molar refractivity (Wildman–Crippen MR) is 68.0 cm³/mol. The van der Waals surface area contributed by atoms with Gasteiger partial charge in [-0.15, -0.1) is 0 Å². The van der Waals surface area contributed by atoms with Crippen molar-refractivity contribution >= 4 is 29.3 Å². The summed E-state index contributed by atoms with van der Waals surface area (Å²) < 4.78 is 37.2. The van der Waals surface area contributed by atoms with E-state index in [-0.39, 0.29) is 23.8 Å². The molecule has 0 aliphatic heterocycles. The summed E-state index contributed by atoms with van der Waals surface area (Å²) in [7, 11) is 0. The average molecular weight is 326 g/mol. The number of carbonyl (C=O) groups excluding carboxylic acids is 1. The van der Waals surface area contributed by atoms with Gasteiger partial charge in [0.15, 0.2) is 0 Å². The van der Waals surface area contributed by atoms with Gasteiger partial charge in [0.2, 0.25) is 5.91 Å². The van der Waals surface area contributed by atoms with Crippen LogP contribution < -0.4 is 10.6 Å². The van der Waals surface area contributed by atoms with E-state index in [1.165, 1.54) is 0 Å². The van der Waals surface area contributed by atoms with E-state index in [4.69, 9.17) is 16.7 Å². The van der Waals surface area contributed by atoms with E-state index in [2.05, 4.69) is 15.6 Å². The number of nitrogens with zero attached hydrogens (tertiary/aromatic N) is 1. The van der Waals surface area contributed by atoms with Gasteiger partial charge < -0.3 is 15.7 Å². The van der Waals surface area contributed by atoms with Gasteiger partial charge in [-0.05, 0) is 6.07 Å². The van der Waals surface area contributed by atoms with E-state index in [0.29, 0.717) is 6.20 Å². The van der Waals surface area contributed by atoms with Gasteiger partial charge in [0.25, 0.3) is 0 Å². The molecule has 1 heterocycles. The van der Waals surface area contributed by atoms with Crippen molar-refractivity contribution in [2.24, 2.45) is 0 Å². The zero-order chi connectivity index (χ0) is 16.0. The molecule has 0 saturated carbocycles. The van der Waals surface area contributed by atoms with Crippen molar-refractivity contribution in [3.8, 4) is 0 Å². The maximum atomic E-state index is 12.4. The van der Waals surface area contributed by atoms with E-state index in [1.54, 1.807) is 0 Å². The number of aliphatic carboxylic acids is 1. The van der Waals surface area contributed by atoms with Crippen LogP contribution in [-0.2, 0) is 15.8 Å². The van der Waals surface area contributed by atoms with Crippen LogP contribution in [0.4, 0.5) is 19.0 Å². The molecule has 0 atom stereocenters. The Bertz CT molecular complexity index is 537. The number of hydrogen-bond donors (Lipinski definition) is 3. The van der Waals surface area contributed by atoms with Crippen molar-refractivity contribution in [1.29, 1.82) is 0 Å². The van der Waals surface area contributed by atoms with Crippen LogP contribution in [0.3, 0.4) is 0 Å². The first-order valence-electron chi connectivity index (χ1n) is 5.65. The molecule has 0 aliphatic carbocycles. The van der Waals surface area contributed by atoms with E-state index >= 15 is 0 Å². The molecule has 0 radical (unpaired) electrons. The first-order valence-corrected chi connectivity index (χ1v) is 6.03. The molecule has 0 aliphatic rings. The summed E-state index contributed by atoms with van der Waals surface area (Å²) >= 11 is 5.65. The van der Waals surface area contributed by atoms with Crippen LogP contribution in [0, 0.1) is 0 Å². The van der Waals surface area contributed by atoms with Crippen molar-refractivity contribution in [2.45, 2.75) is 12.6 Å². The van der Waals surface area contributed by atoms with Crippen molar-refractivity contribution < 1.29 is 27.9 Å². The molecule has 6 nitrogen and oxygen atoms in total. The molecule has 0 aromatic carbocycles. The van der Waals surface area contributed by atoms with Crippen LogP contribution in [0.5, 0.6) is 0 Å².